The van der Waals surface area contributed by atoms with E-state index >= 15 is 0 Å². The number of anilines is 1. The van der Waals surface area contributed by atoms with E-state index in [9.17, 15) is 0 Å². The molecule has 2 aromatic rings. The third-order valence-corrected chi connectivity index (χ3v) is 2.14. The van der Waals surface area contributed by atoms with Crippen LogP contribution in [0, 0.1) is 11.3 Å². The van der Waals surface area contributed by atoms with Crippen LogP contribution in [0.1, 0.15) is 5.69 Å². The van der Waals surface area contributed by atoms with Crippen molar-refractivity contribution in [2.24, 2.45) is 0 Å². The van der Waals surface area contributed by atoms with Gasteiger partial charge in [-0.2, -0.15) is 5.26 Å². The van der Waals surface area contributed by atoms with Crippen LogP contribution < -0.4 is 15.2 Å². The van der Waals surface area contributed by atoms with Crippen molar-refractivity contribution in [3.05, 3.63) is 36.3 Å². The predicted molar refractivity (Wildman–Crippen MR) is 64.2 cm³/mol. The van der Waals surface area contributed by atoms with Crippen LogP contribution in [-0.4, -0.2) is 17.1 Å². The lowest BCUT2D eigenvalue weighted by Crippen LogP contribution is -1.95. The second-order valence-electron chi connectivity index (χ2n) is 3.36. The molecule has 0 spiro atoms. The molecule has 6 nitrogen and oxygen atoms in total. The fourth-order valence-electron chi connectivity index (χ4n) is 1.31. The normalized spacial score (nSPS) is 9.56. The van der Waals surface area contributed by atoms with Gasteiger partial charge in [0.1, 0.15) is 6.07 Å². The van der Waals surface area contributed by atoms with Crippen molar-refractivity contribution < 1.29 is 9.47 Å². The minimum Gasteiger partial charge on any atom is -0.493 e. The smallest absolute Gasteiger partial charge is 0.238 e. The Kier molecular flexibility index (Phi) is 3.25. The maximum Gasteiger partial charge on any atom is 0.238 e. The lowest BCUT2D eigenvalue weighted by atomic mass is 10.3. The summed E-state index contributed by atoms with van der Waals surface area (Å²) in [5, 5.41) is 8.60. The van der Waals surface area contributed by atoms with Gasteiger partial charge in [0.2, 0.25) is 5.88 Å². The monoisotopic (exact) mass is 242 g/mol. The summed E-state index contributed by atoms with van der Waals surface area (Å²) in [5.74, 6) is 1.25. The van der Waals surface area contributed by atoms with Gasteiger partial charge in [-0.15, -0.1) is 0 Å². The number of rotatable bonds is 3. The third-order valence-electron chi connectivity index (χ3n) is 2.14. The molecule has 1 heterocycles. The Morgan fingerprint density at radius 2 is 2.06 bits per heavy atom. The topological polar surface area (TPSA) is 94.0 Å². The van der Waals surface area contributed by atoms with E-state index in [2.05, 4.69) is 9.97 Å². The Labute approximate surface area is 104 Å². The standard InChI is InChI=1S/C12H10N4O2/c1-17-11-4-8(14)2-3-10(11)18-12-7-15-9(5-13)6-16-12/h2-4,6-7H,14H2,1H3. The van der Waals surface area contributed by atoms with Gasteiger partial charge in [0, 0.05) is 11.8 Å². The number of hydrogen-bond acceptors (Lipinski definition) is 6. The molecule has 0 fully saturated rings. The van der Waals surface area contributed by atoms with Gasteiger partial charge in [-0.3, -0.25) is 0 Å². The molecule has 0 aliphatic carbocycles. The summed E-state index contributed by atoms with van der Waals surface area (Å²) in [7, 11) is 1.52. The lowest BCUT2D eigenvalue weighted by molar-refractivity contribution is 0.373. The van der Waals surface area contributed by atoms with Crippen molar-refractivity contribution in [1.82, 2.24) is 9.97 Å². The summed E-state index contributed by atoms with van der Waals surface area (Å²) < 4.78 is 10.6. The number of nitriles is 1. The minimum atomic E-state index is 0.228. The maximum atomic E-state index is 8.60. The van der Waals surface area contributed by atoms with Gasteiger partial charge < -0.3 is 15.2 Å². The number of ether oxygens (including phenoxy) is 2. The molecule has 0 aliphatic heterocycles. The Hall–Kier alpha value is -2.81. The summed E-state index contributed by atoms with van der Waals surface area (Å²) in [6.45, 7) is 0. The van der Waals surface area contributed by atoms with Crippen molar-refractivity contribution in [3.63, 3.8) is 0 Å². The average Bonchev–Trinajstić information content (AvgIpc) is 2.41. The van der Waals surface area contributed by atoms with Crippen molar-refractivity contribution in [2.45, 2.75) is 0 Å². The summed E-state index contributed by atoms with van der Waals surface area (Å²) in [4.78, 5) is 7.80. The van der Waals surface area contributed by atoms with Crippen LogP contribution in [0.5, 0.6) is 17.4 Å². The first-order valence-electron chi connectivity index (χ1n) is 5.06. The zero-order valence-corrected chi connectivity index (χ0v) is 9.62. The molecule has 90 valence electrons. The van der Waals surface area contributed by atoms with Crippen LogP contribution in [0.2, 0.25) is 0 Å². The molecule has 1 aromatic heterocycles. The number of methoxy groups -OCH3 is 1. The van der Waals surface area contributed by atoms with E-state index in [-0.39, 0.29) is 11.6 Å². The Balaban J connectivity index is 2.25. The molecule has 0 unspecified atom stereocenters. The van der Waals surface area contributed by atoms with Crippen LogP contribution in [0.25, 0.3) is 0 Å². The fraction of sp³-hybridized carbons (Fsp3) is 0.0833. The molecule has 0 aliphatic rings. The van der Waals surface area contributed by atoms with Gasteiger partial charge in [0.15, 0.2) is 17.2 Å². The van der Waals surface area contributed by atoms with Crippen molar-refractivity contribution in [2.75, 3.05) is 12.8 Å². The first-order chi connectivity index (χ1) is 8.72. The van der Waals surface area contributed by atoms with Crippen LogP contribution >= 0.6 is 0 Å². The molecule has 2 N–H and O–H groups in total. The first-order valence-corrected chi connectivity index (χ1v) is 5.06. The fourth-order valence-corrected chi connectivity index (χ4v) is 1.31. The van der Waals surface area contributed by atoms with Crippen LogP contribution in [0.4, 0.5) is 5.69 Å². The molecule has 0 saturated carbocycles. The molecule has 18 heavy (non-hydrogen) atoms. The van der Waals surface area contributed by atoms with E-state index in [0.717, 1.165) is 0 Å². The number of nitrogens with zero attached hydrogens (tertiary/aromatic N) is 3. The first kappa shape index (κ1) is 11.7. The van der Waals surface area contributed by atoms with E-state index in [0.29, 0.717) is 17.2 Å². The molecule has 2 rings (SSSR count). The van der Waals surface area contributed by atoms with Gasteiger partial charge >= 0.3 is 0 Å². The van der Waals surface area contributed by atoms with Gasteiger partial charge in [0.05, 0.1) is 19.5 Å². The second kappa shape index (κ2) is 5.01. The minimum absolute atomic E-state index is 0.228. The number of benzene rings is 1. The van der Waals surface area contributed by atoms with E-state index in [1.54, 1.807) is 18.2 Å². The Morgan fingerprint density at radius 1 is 1.22 bits per heavy atom. The van der Waals surface area contributed by atoms with E-state index in [1.807, 2.05) is 6.07 Å². The third kappa shape index (κ3) is 2.47. The summed E-state index contributed by atoms with van der Waals surface area (Å²) in [6, 6.07) is 6.89. The number of nitrogens with two attached hydrogens (primary N) is 1. The molecule has 0 saturated heterocycles. The predicted octanol–water partition coefficient (Wildman–Crippen LogP) is 1.73. The summed E-state index contributed by atoms with van der Waals surface area (Å²) in [5.41, 5.74) is 6.44. The molecule has 0 radical (unpaired) electrons. The highest BCUT2D eigenvalue weighted by Crippen LogP contribution is 2.31. The van der Waals surface area contributed by atoms with Crippen molar-refractivity contribution >= 4 is 5.69 Å². The Bertz CT molecular complexity index is 590. The highest BCUT2D eigenvalue weighted by molar-refractivity contribution is 5.52. The van der Waals surface area contributed by atoms with E-state index in [4.69, 9.17) is 20.5 Å². The van der Waals surface area contributed by atoms with E-state index in [1.165, 1.54) is 19.5 Å². The van der Waals surface area contributed by atoms with Crippen molar-refractivity contribution in [3.8, 4) is 23.4 Å². The average molecular weight is 242 g/mol. The molecule has 1 aromatic carbocycles. The zero-order chi connectivity index (χ0) is 13.0. The summed E-state index contributed by atoms with van der Waals surface area (Å²) in [6.07, 6.45) is 2.70. The highest BCUT2D eigenvalue weighted by atomic mass is 16.5. The van der Waals surface area contributed by atoms with Crippen LogP contribution in [-0.2, 0) is 0 Å². The van der Waals surface area contributed by atoms with Gasteiger partial charge in [-0.25, -0.2) is 9.97 Å². The summed E-state index contributed by atoms with van der Waals surface area (Å²) >= 11 is 0. The zero-order valence-electron chi connectivity index (χ0n) is 9.62. The maximum absolute atomic E-state index is 8.60. The SMILES string of the molecule is COc1cc(N)ccc1Oc1cnc(C#N)cn1. The molecular weight excluding hydrogens is 232 g/mol. The molecule has 0 bridgehead atoms. The largest absolute Gasteiger partial charge is 0.493 e. The van der Waals surface area contributed by atoms with Crippen LogP contribution in [0.3, 0.4) is 0 Å². The molecule has 0 atom stereocenters. The van der Waals surface area contributed by atoms with Gasteiger partial charge in [0.25, 0.3) is 0 Å². The highest BCUT2D eigenvalue weighted by Gasteiger charge is 2.07. The van der Waals surface area contributed by atoms with Crippen molar-refractivity contribution in [1.29, 1.82) is 5.26 Å². The number of nitrogen functional groups attached to an aromatic ring is 1. The van der Waals surface area contributed by atoms with Crippen LogP contribution in [0.15, 0.2) is 30.6 Å². The number of hydrogen-bond donors (Lipinski definition) is 1. The van der Waals surface area contributed by atoms with E-state index < -0.39 is 0 Å². The van der Waals surface area contributed by atoms with Gasteiger partial charge in [-0.1, -0.05) is 0 Å². The Morgan fingerprint density at radius 3 is 2.67 bits per heavy atom. The quantitative estimate of drug-likeness (QED) is 0.823. The second-order valence-corrected chi connectivity index (χ2v) is 3.36. The molecule has 6 heteroatoms. The lowest BCUT2D eigenvalue weighted by Gasteiger charge is -2.09. The van der Waals surface area contributed by atoms with Gasteiger partial charge in [-0.05, 0) is 12.1 Å². The molecular formula is C12H10N4O2. The number of aromatic nitrogens is 2. The molecule has 0 amide bonds.